The third-order valence-electron chi connectivity index (χ3n) is 3.22. The van der Waals surface area contributed by atoms with E-state index in [1.165, 1.54) is 0 Å². The molecule has 68 valence electrons. The molecule has 13 heavy (non-hydrogen) atoms. The molecule has 1 fully saturated rings. The van der Waals surface area contributed by atoms with Crippen molar-refractivity contribution in [2.45, 2.75) is 25.2 Å². The van der Waals surface area contributed by atoms with E-state index >= 15 is 0 Å². The molecule has 3 aliphatic rings. The van der Waals surface area contributed by atoms with Gasteiger partial charge >= 0.3 is 5.97 Å². The van der Waals surface area contributed by atoms with Crippen molar-refractivity contribution >= 4 is 5.97 Å². The zero-order chi connectivity index (χ0) is 9.00. The Morgan fingerprint density at radius 2 is 2.31 bits per heavy atom. The molecule has 0 unspecified atom stereocenters. The quantitative estimate of drug-likeness (QED) is 0.678. The molecular weight excluding hydrogens is 168 g/mol. The van der Waals surface area contributed by atoms with E-state index in [0.29, 0.717) is 5.92 Å². The summed E-state index contributed by atoms with van der Waals surface area (Å²) in [4.78, 5) is 10.8. The predicted molar refractivity (Wildman–Crippen MR) is 44.7 cm³/mol. The van der Waals surface area contributed by atoms with Crippen LogP contribution in [0.5, 0.6) is 0 Å². The number of carboxylic acids is 1. The molecule has 4 heteroatoms. The van der Waals surface area contributed by atoms with Crippen molar-refractivity contribution in [1.29, 1.82) is 0 Å². The van der Waals surface area contributed by atoms with Gasteiger partial charge in [0.15, 0.2) is 5.69 Å². The van der Waals surface area contributed by atoms with Gasteiger partial charge in [-0.3, -0.25) is 5.10 Å². The van der Waals surface area contributed by atoms with Crippen LogP contribution in [0, 0.1) is 5.92 Å². The van der Waals surface area contributed by atoms with Crippen molar-refractivity contribution in [3.8, 4) is 0 Å². The second-order valence-electron chi connectivity index (χ2n) is 4.01. The number of aromatic amines is 1. The molecule has 0 saturated heterocycles. The number of rotatable bonds is 1. The van der Waals surface area contributed by atoms with E-state index in [9.17, 15) is 4.79 Å². The fourth-order valence-electron chi connectivity index (χ4n) is 2.57. The average Bonchev–Trinajstić information content (AvgIpc) is 2.44. The van der Waals surface area contributed by atoms with Crippen LogP contribution in [0.3, 0.4) is 0 Å². The third-order valence-corrected chi connectivity index (χ3v) is 3.22. The highest BCUT2D eigenvalue weighted by Gasteiger charge is 2.41. The summed E-state index contributed by atoms with van der Waals surface area (Å²) in [6.45, 7) is 0. The van der Waals surface area contributed by atoms with E-state index in [4.69, 9.17) is 5.11 Å². The third kappa shape index (κ3) is 0.802. The smallest absolute Gasteiger partial charge is 0.356 e. The van der Waals surface area contributed by atoms with Crippen molar-refractivity contribution < 1.29 is 9.90 Å². The van der Waals surface area contributed by atoms with Crippen LogP contribution in [-0.4, -0.2) is 21.3 Å². The topological polar surface area (TPSA) is 66.0 Å². The lowest BCUT2D eigenvalue weighted by molar-refractivity contribution is 0.0686. The summed E-state index contributed by atoms with van der Waals surface area (Å²) in [5.74, 6) is 0.348. The van der Waals surface area contributed by atoms with Gasteiger partial charge in [-0.05, 0) is 31.1 Å². The molecular formula is C9H10N2O2. The molecule has 2 N–H and O–H groups in total. The summed E-state index contributed by atoms with van der Waals surface area (Å²) < 4.78 is 0. The first-order chi connectivity index (χ1) is 6.25. The first kappa shape index (κ1) is 7.12. The van der Waals surface area contributed by atoms with Gasteiger partial charge in [-0.1, -0.05) is 0 Å². The molecule has 0 spiro atoms. The molecule has 1 saturated carbocycles. The maximum Gasteiger partial charge on any atom is 0.356 e. The summed E-state index contributed by atoms with van der Waals surface area (Å²) in [6, 6.07) is 0. The minimum absolute atomic E-state index is 0.248. The molecule has 3 aliphatic carbocycles. The van der Waals surface area contributed by atoms with Crippen LogP contribution in [-0.2, 0) is 6.42 Å². The Bertz CT molecular complexity index is 377. The number of nitrogens with zero attached hydrogens (tertiary/aromatic N) is 1. The van der Waals surface area contributed by atoms with E-state index in [-0.39, 0.29) is 5.69 Å². The van der Waals surface area contributed by atoms with Gasteiger partial charge in [-0.2, -0.15) is 5.10 Å². The average molecular weight is 178 g/mol. The monoisotopic (exact) mass is 178 g/mol. The Kier molecular flexibility index (Phi) is 1.17. The first-order valence-electron chi connectivity index (χ1n) is 4.56. The van der Waals surface area contributed by atoms with Gasteiger partial charge < -0.3 is 5.11 Å². The van der Waals surface area contributed by atoms with Gasteiger partial charge in [0.05, 0.1) is 0 Å². The highest BCUT2D eigenvalue weighted by molar-refractivity contribution is 5.87. The zero-order valence-electron chi connectivity index (χ0n) is 7.08. The van der Waals surface area contributed by atoms with Crippen LogP contribution in [0.25, 0.3) is 0 Å². The summed E-state index contributed by atoms with van der Waals surface area (Å²) in [6.07, 6.45) is 3.31. The fraction of sp³-hybridized carbons (Fsp3) is 0.556. The van der Waals surface area contributed by atoms with Gasteiger partial charge in [0, 0.05) is 11.3 Å². The van der Waals surface area contributed by atoms with Crippen molar-refractivity contribution in [2.75, 3.05) is 0 Å². The number of hydrogen-bond donors (Lipinski definition) is 2. The summed E-state index contributed by atoms with van der Waals surface area (Å²) in [7, 11) is 0. The van der Waals surface area contributed by atoms with E-state index in [0.717, 1.165) is 36.4 Å². The van der Waals surface area contributed by atoms with E-state index < -0.39 is 5.97 Å². The maximum atomic E-state index is 10.8. The van der Waals surface area contributed by atoms with Crippen LogP contribution >= 0.6 is 0 Å². The van der Waals surface area contributed by atoms with Gasteiger partial charge in [0.2, 0.25) is 0 Å². The lowest BCUT2D eigenvalue weighted by Gasteiger charge is -2.40. The molecule has 0 atom stereocenters. The number of carboxylic acid groups (broad SMARTS) is 1. The van der Waals surface area contributed by atoms with E-state index in [1.807, 2.05) is 0 Å². The molecule has 0 amide bonds. The van der Waals surface area contributed by atoms with Crippen molar-refractivity contribution in [3.63, 3.8) is 0 Å². The standard InChI is InChI=1S/C9H10N2O2/c12-9(13)8-7-5-1-4(2-5)3-6(7)10-11-8/h4-5H,1-3H2,(H,10,11)(H,12,13). The Balaban J connectivity index is 2.14. The minimum Gasteiger partial charge on any atom is -0.476 e. The fourth-order valence-corrected chi connectivity index (χ4v) is 2.57. The Labute approximate surface area is 75.0 Å². The Hall–Kier alpha value is -1.32. The number of aromatic nitrogens is 2. The molecule has 4 rings (SSSR count). The van der Waals surface area contributed by atoms with E-state index in [2.05, 4.69) is 10.2 Å². The normalized spacial score (nSPS) is 29.2. The summed E-state index contributed by atoms with van der Waals surface area (Å²) in [5.41, 5.74) is 2.29. The lowest BCUT2D eigenvalue weighted by Crippen LogP contribution is -2.31. The second kappa shape index (κ2) is 2.13. The number of H-pyrrole nitrogens is 1. The highest BCUT2D eigenvalue weighted by Crippen LogP contribution is 2.50. The maximum absolute atomic E-state index is 10.8. The van der Waals surface area contributed by atoms with Gasteiger partial charge in [0.25, 0.3) is 0 Å². The SMILES string of the molecule is O=C(O)c1n[nH]c2c1C1CC(C2)C1. The summed E-state index contributed by atoms with van der Waals surface area (Å²) >= 11 is 0. The molecule has 2 bridgehead atoms. The van der Waals surface area contributed by atoms with Crippen LogP contribution in [0.4, 0.5) is 0 Å². The minimum atomic E-state index is -0.900. The number of carbonyl (C=O) groups is 1. The van der Waals surface area contributed by atoms with Gasteiger partial charge in [-0.15, -0.1) is 0 Å². The molecule has 1 aromatic rings. The molecule has 0 radical (unpaired) electrons. The molecule has 0 aliphatic heterocycles. The Morgan fingerprint density at radius 1 is 1.54 bits per heavy atom. The summed E-state index contributed by atoms with van der Waals surface area (Å²) in [5, 5.41) is 15.6. The van der Waals surface area contributed by atoms with Crippen molar-refractivity contribution in [3.05, 3.63) is 17.0 Å². The van der Waals surface area contributed by atoms with Crippen LogP contribution in [0.15, 0.2) is 0 Å². The van der Waals surface area contributed by atoms with Crippen LogP contribution < -0.4 is 0 Å². The van der Waals surface area contributed by atoms with Crippen molar-refractivity contribution in [1.82, 2.24) is 10.2 Å². The molecule has 4 nitrogen and oxygen atoms in total. The number of aromatic carboxylic acids is 1. The van der Waals surface area contributed by atoms with Gasteiger partial charge in [0.1, 0.15) is 0 Å². The molecule has 0 aromatic carbocycles. The second-order valence-corrected chi connectivity index (χ2v) is 4.01. The zero-order valence-corrected chi connectivity index (χ0v) is 7.08. The van der Waals surface area contributed by atoms with Crippen molar-refractivity contribution in [2.24, 2.45) is 5.92 Å². The number of hydrogen-bond acceptors (Lipinski definition) is 2. The number of nitrogens with one attached hydrogen (secondary N) is 1. The highest BCUT2D eigenvalue weighted by atomic mass is 16.4. The lowest BCUT2D eigenvalue weighted by atomic mass is 9.64. The van der Waals surface area contributed by atoms with Crippen LogP contribution in [0.1, 0.15) is 40.5 Å². The Morgan fingerprint density at radius 3 is 3.00 bits per heavy atom. The van der Waals surface area contributed by atoms with E-state index in [1.54, 1.807) is 0 Å². The molecule has 1 aromatic heterocycles. The molecule has 1 heterocycles. The van der Waals surface area contributed by atoms with Gasteiger partial charge in [-0.25, -0.2) is 4.79 Å². The largest absolute Gasteiger partial charge is 0.476 e. The predicted octanol–water partition coefficient (Wildman–Crippen LogP) is 1.16. The van der Waals surface area contributed by atoms with Crippen LogP contribution in [0.2, 0.25) is 0 Å². The first-order valence-corrected chi connectivity index (χ1v) is 4.56.